The molecule has 0 bridgehead atoms. The third kappa shape index (κ3) is 5.25. The van der Waals surface area contributed by atoms with Gasteiger partial charge in [-0.25, -0.2) is 5.43 Å². The predicted octanol–water partition coefficient (Wildman–Crippen LogP) is 5.04. The molecule has 3 aromatic carbocycles. The molecule has 3 aromatic rings. The summed E-state index contributed by atoms with van der Waals surface area (Å²) in [5, 5.41) is 14.6. The standard InChI is InChI=1S/C21H16Cl2N2O3/c22-17-8-5-16(19(23)11-17)13-28-18-9-6-14(7-10-18)21(27)25-24-12-15-3-1-2-4-20(15)26/h1-12,26H,13H2,(H,25,27)/b24-12-. The summed E-state index contributed by atoms with van der Waals surface area (Å²) < 4.78 is 5.68. The lowest BCUT2D eigenvalue weighted by molar-refractivity contribution is 0.0955. The van der Waals surface area contributed by atoms with E-state index in [9.17, 15) is 9.90 Å². The van der Waals surface area contributed by atoms with Crippen molar-refractivity contribution >= 4 is 35.3 Å². The second-order valence-electron chi connectivity index (χ2n) is 5.81. The lowest BCUT2D eigenvalue weighted by atomic mass is 10.2. The van der Waals surface area contributed by atoms with Gasteiger partial charge in [-0.15, -0.1) is 0 Å². The molecule has 1 amide bonds. The topological polar surface area (TPSA) is 70.9 Å². The SMILES string of the molecule is O=C(N/N=C\c1ccccc1O)c1ccc(OCc2ccc(Cl)cc2Cl)cc1. The van der Waals surface area contributed by atoms with E-state index in [2.05, 4.69) is 10.5 Å². The van der Waals surface area contributed by atoms with Crippen LogP contribution in [0, 0.1) is 0 Å². The lowest BCUT2D eigenvalue weighted by Gasteiger charge is -2.08. The molecule has 0 unspecified atom stereocenters. The normalized spacial score (nSPS) is 10.8. The van der Waals surface area contributed by atoms with E-state index in [4.69, 9.17) is 27.9 Å². The van der Waals surface area contributed by atoms with Gasteiger partial charge in [0.1, 0.15) is 18.1 Å². The summed E-state index contributed by atoms with van der Waals surface area (Å²) in [5.74, 6) is 0.307. The Hall–Kier alpha value is -3.02. The zero-order valence-electron chi connectivity index (χ0n) is 14.6. The van der Waals surface area contributed by atoms with Gasteiger partial charge in [-0.2, -0.15) is 5.10 Å². The summed E-state index contributed by atoms with van der Waals surface area (Å²) in [5.41, 5.74) is 4.15. The third-order valence-electron chi connectivity index (χ3n) is 3.83. The van der Waals surface area contributed by atoms with Crippen LogP contribution in [0.1, 0.15) is 21.5 Å². The number of benzene rings is 3. The van der Waals surface area contributed by atoms with Gasteiger partial charge in [-0.3, -0.25) is 4.79 Å². The first-order chi connectivity index (χ1) is 13.5. The number of nitrogens with one attached hydrogen (secondary N) is 1. The number of amides is 1. The second-order valence-corrected chi connectivity index (χ2v) is 6.65. The number of hydrogen-bond acceptors (Lipinski definition) is 4. The summed E-state index contributed by atoms with van der Waals surface area (Å²) >= 11 is 12.0. The molecule has 3 rings (SSSR count). The Morgan fingerprint density at radius 1 is 1.07 bits per heavy atom. The van der Waals surface area contributed by atoms with Gasteiger partial charge in [0, 0.05) is 26.7 Å². The highest BCUT2D eigenvalue weighted by Gasteiger charge is 2.06. The maximum atomic E-state index is 12.1. The van der Waals surface area contributed by atoms with Crippen LogP contribution >= 0.6 is 23.2 Å². The number of carbonyl (C=O) groups is 1. The Balaban J connectivity index is 1.56. The van der Waals surface area contributed by atoms with E-state index >= 15 is 0 Å². The summed E-state index contributed by atoms with van der Waals surface area (Å²) in [6.07, 6.45) is 1.38. The van der Waals surface area contributed by atoms with Crippen LogP contribution in [-0.4, -0.2) is 17.2 Å². The highest BCUT2D eigenvalue weighted by atomic mass is 35.5. The largest absolute Gasteiger partial charge is 0.507 e. The van der Waals surface area contributed by atoms with Crippen LogP contribution in [0.3, 0.4) is 0 Å². The van der Waals surface area contributed by atoms with Crippen molar-refractivity contribution in [2.45, 2.75) is 6.61 Å². The Kier molecular flexibility index (Phi) is 6.53. The molecule has 0 aliphatic carbocycles. The maximum Gasteiger partial charge on any atom is 0.271 e. The molecule has 0 atom stereocenters. The zero-order chi connectivity index (χ0) is 19.9. The number of phenols is 1. The summed E-state index contributed by atoms with van der Waals surface area (Å²) in [7, 11) is 0. The van der Waals surface area contributed by atoms with Crippen LogP contribution in [0.2, 0.25) is 10.0 Å². The number of halogens is 2. The number of carbonyl (C=O) groups excluding carboxylic acids is 1. The quantitative estimate of drug-likeness (QED) is 0.438. The van der Waals surface area contributed by atoms with E-state index in [1.165, 1.54) is 6.21 Å². The summed E-state index contributed by atoms with van der Waals surface area (Å²) in [6.45, 7) is 0.284. The average molecular weight is 415 g/mol. The summed E-state index contributed by atoms with van der Waals surface area (Å²) in [6, 6.07) is 18.5. The van der Waals surface area contributed by atoms with Gasteiger partial charge < -0.3 is 9.84 Å². The molecular formula is C21H16Cl2N2O3. The van der Waals surface area contributed by atoms with Gasteiger partial charge in [0.25, 0.3) is 5.91 Å². The van der Waals surface area contributed by atoms with Crippen molar-refractivity contribution in [3.05, 3.63) is 93.5 Å². The highest BCUT2D eigenvalue weighted by molar-refractivity contribution is 6.35. The van der Waals surface area contributed by atoms with E-state index in [1.807, 2.05) is 0 Å². The number of rotatable bonds is 6. The Labute approximate surface area is 172 Å². The van der Waals surface area contributed by atoms with Crippen LogP contribution in [0.15, 0.2) is 71.8 Å². The minimum absolute atomic E-state index is 0.0859. The molecule has 0 fully saturated rings. The molecule has 0 aliphatic heterocycles. The minimum Gasteiger partial charge on any atom is -0.507 e. The van der Waals surface area contributed by atoms with E-state index in [1.54, 1.807) is 66.7 Å². The minimum atomic E-state index is -0.376. The van der Waals surface area contributed by atoms with Gasteiger partial charge in [0.05, 0.1) is 6.21 Å². The monoisotopic (exact) mass is 414 g/mol. The number of aromatic hydroxyl groups is 1. The van der Waals surface area contributed by atoms with Crippen molar-refractivity contribution in [1.82, 2.24) is 5.43 Å². The van der Waals surface area contributed by atoms with Crippen molar-refractivity contribution in [3.63, 3.8) is 0 Å². The first-order valence-corrected chi connectivity index (χ1v) is 9.07. The maximum absolute atomic E-state index is 12.1. The average Bonchev–Trinajstić information content (AvgIpc) is 2.69. The number of nitrogens with zero attached hydrogens (tertiary/aromatic N) is 1. The van der Waals surface area contributed by atoms with E-state index in [-0.39, 0.29) is 18.3 Å². The molecular weight excluding hydrogens is 399 g/mol. The fourth-order valence-electron chi connectivity index (χ4n) is 2.32. The molecule has 5 nitrogen and oxygen atoms in total. The molecule has 0 aromatic heterocycles. The fraction of sp³-hybridized carbons (Fsp3) is 0.0476. The van der Waals surface area contributed by atoms with Crippen LogP contribution in [0.5, 0.6) is 11.5 Å². The van der Waals surface area contributed by atoms with Gasteiger partial charge in [-0.05, 0) is 48.5 Å². The third-order valence-corrected chi connectivity index (χ3v) is 4.42. The van der Waals surface area contributed by atoms with Crippen LogP contribution in [-0.2, 0) is 6.61 Å². The molecule has 0 saturated carbocycles. The Morgan fingerprint density at radius 2 is 1.82 bits per heavy atom. The van der Waals surface area contributed by atoms with Crippen LogP contribution in [0.25, 0.3) is 0 Å². The number of para-hydroxylation sites is 1. The highest BCUT2D eigenvalue weighted by Crippen LogP contribution is 2.23. The zero-order valence-corrected chi connectivity index (χ0v) is 16.1. The lowest BCUT2D eigenvalue weighted by Crippen LogP contribution is -2.17. The molecule has 0 saturated heterocycles. The van der Waals surface area contributed by atoms with Gasteiger partial charge in [-0.1, -0.05) is 41.4 Å². The van der Waals surface area contributed by atoms with Gasteiger partial charge >= 0.3 is 0 Å². The van der Waals surface area contributed by atoms with Crippen LogP contribution < -0.4 is 10.2 Å². The van der Waals surface area contributed by atoms with Crippen molar-refractivity contribution in [2.24, 2.45) is 5.10 Å². The molecule has 7 heteroatoms. The molecule has 0 aliphatic rings. The van der Waals surface area contributed by atoms with Gasteiger partial charge in [0.2, 0.25) is 0 Å². The molecule has 0 heterocycles. The van der Waals surface area contributed by atoms with Gasteiger partial charge in [0.15, 0.2) is 0 Å². The summed E-state index contributed by atoms with van der Waals surface area (Å²) in [4.78, 5) is 12.1. The fourth-order valence-corrected chi connectivity index (χ4v) is 2.79. The number of hydrogen-bond donors (Lipinski definition) is 2. The molecule has 142 valence electrons. The van der Waals surface area contributed by atoms with Crippen LogP contribution in [0.4, 0.5) is 0 Å². The number of ether oxygens (including phenoxy) is 1. The molecule has 2 N–H and O–H groups in total. The van der Waals surface area contributed by atoms with E-state index in [0.717, 1.165) is 5.56 Å². The number of hydrazone groups is 1. The Bertz CT molecular complexity index is 1000. The first kappa shape index (κ1) is 19.7. The molecule has 0 radical (unpaired) electrons. The second kappa shape index (κ2) is 9.26. The Morgan fingerprint density at radius 3 is 2.54 bits per heavy atom. The van der Waals surface area contributed by atoms with E-state index < -0.39 is 0 Å². The van der Waals surface area contributed by atoms with Crippen molar-refractivity contribution in [1.29, 1.82) is 0 Å². The van der Waals surface area contributed by atoms with E-state index in [0.29, 0.717) is 26.9 Å². The number of phenolic OH excluding ortho intramolecular Hbond substituents is 1. The van der Waals surface area contributed by atoms with Crippen molar-refractivity contribution in [2.75, 3.05) is 0 Å². The first-order valence-electron chi connectivity index (χ1n) is 8.31. The molecule has 28 heavy (non-hydrogen) atoms. The predicted molar refractivity (Wildman–Crippen MR) is 110 cm³/mol. The smallest absolute Gasteiger partial charge is 0.271 e. The van der Waals surface area contributed by atoms with Crippen molar-refractivity contribution in [3.8, 4) is 11.5 Å². The van der Waals surface area contributed by atoms with Crippen molar-refractivity contribution < 1.29 is 14.6 Å². The molecule has 0 spiro atoms.